The SMILES string of the molecule is CC(=O)c1cccc(CCc2cc(=O)cc(C)c(-c3cccc(CCC/C(C)=N\c4ccccc4C)c3)n2)c1. The van der Waals surface area contributed by atoms with Crippen molar-refractivity contribution in [3.05, 3.63) is 129 Å². The third-order valence-corrected chi connectivity index (χ3v) is 6.93. The van der Waals surface area contributed by atoms with Crippen LogP contribution >= 0.6 is 0 Å². The van der Waals surface area contributed by atoms with Crippen molar-refractivity contribution in [2.45, 2.75) is 59.8 Å². The number of hydrogen-bond donors (Lipinski definition) is 0. The number of carbonyl (C=O) groups is 1. The number of ketones is 1. The van der Waals surface area contributed by atoms with Crippen molar-refractivity contribution in [3.63, 3.8) is 0 Å². The summed E-state index contributed by atoms with van der Waals surface area (Å²) < 4.78 is 0. The molecule has 0 N–H and O–H groups in total. The van der Waals surface area contributed by atoms with Gasteiger partial charge in [-0.2, -0.15) is 0 Å². The number of para-hydroxylation sites is 1. The van der Waals surface area contributed by atoms with E-state index in [0.29, 0.717) is 18.4 Å². The fourth-order valence-electron chi connectivity index (χ4n) is 4.76. The zero-order valence-electron chi connectivity index (χ0n) is 23.3. The highest BCUT2D eigenvalue weighted by atomic mass is 16.1. The summed E-state index contributed by atoms with van der Waals surface area (Å²) in [5.41, 5.74) is 9.80. The second kappa shape index (κ2) is 13.1. The Morgan fingerprint density at radius 3 is 2.28 bits per heavy atom. The van der Waals surface area contributed by atoms with E-state index in [1.165, 1.54) is 11.1 Å². The van der Waals surface area contributed by atoms with Crippen LogP contribution in [0.3, 0.4) is 0 Å². The van der Waals surface area contributed by atoms with E-state index in [1.807, 2.05) is 43.3 Å². The van der Waals surface area contributed by atoms with Crippen LogP contribution in [-0.4, -0.2) is 16.5 Å². The first-order chi connectivity index (χ1) is 18.8. The smallest absolute Gasteiger partial charge is 0.180 e. The van der Waals surface area contributed by atoms with Crippen LogP contribution in [0.15, 0.2) is 94.7 Å². The molecule has 4 rings (SSSR count). The van der Waals surface area contributed by atoms with Crippen molar-refractivity contribution in [2.24, 2.45) is 4.99 Å². The average molecular weight is 517 g/mol. The van der Waals surface area contributed by atoms with Gasteiger partial charge in [0.15, 0.2) is 11.2 Å². The molecule has 3 aromatic carbocycles. The zero-order valence-corrected chi connectivity index (χ0v) is 23.3. The molecule has 0 unspecified atom stereocenters. The summed E-state index contributed by atoms with van der Waals surface area (Å²) in [5, 5.41) is 0. The van der Waals surface area contributed by atoms with Crippen LogP contribution in [0.4, 0.5) is 5.69 Å². The molecule has 0 bridgehead atoms. The van der Waals surface area contributed by atoms with Crippen LogP contribution in [0.5, 0.6) is 0 Å². The lowest BCUT2D eigenvalue weighted by Gasteiger charge is -2.08. The number of aryl methyl sites for hydroxylation is 5. The maximum atomic E-state index is 12.6. The summed E-state index contributed by atoms with van der Waals surface area (Å²) in [6.45, 7) is 7.70. The lowest BCUT2D eigenvalue weighted by atomic mass is 10.0. The molecule has 0 spiro atoms. The first kappa shape index (κ1) is 27.8. The fraction of sp³-hybridized carbons (Fsp3) is 0.257. The molecule has 0 atom stereocenters. The topological polar surface area (TPSA) is 59.4 Å². The summed E-state index contributed by atoms with van der Waals surface area (Å²) in [4.78, 5) is 34.1. The van der Waals surface area contributed by atoms with Crippen molar-refractivity contribution >= 4 is 17.2 Å². The maximum Gasteiger partial charge on any atom is 0.180 e. The third-order valence-electron chi connectivity index (χ3n) is 6.93. The van der Waals surface area contributed by atoms with Gasteiger partial charge in [-0.1, -0.05) is 54.6 Å². The Kier molecular flexibility index (Phi) is 9.32. The largest absolute Gasteiger partial charge is 0.295 e. The molecule has 1 aromatic heterocycles. The highest BCUT2D eigenvalue weighted by Crippen LogP contribution is 2.23. The molecule has 4 nitrogen and oxygen atoms in total. The van der Waals surface area contributed by atoms with E-state index >= 15 is 0 Å². The van der Waals surface area contributed by atoms with Gasteiger partial charge in [0.25, 0.3) is 0 Å². The quantitative estimate of drug-likeness (QED) is 0.159. The van der Waals surface area contributed by atoms with Crippen LogP contribution < -0.4 is 5.43 Å². The van der Waals surface area contributed by atoms with Crippen LogP contribution in [0.1, 0.15) is 65.0 Å². The molecule has 0 aliphatic heterocycles. The predicted molar refractivity (Wildman–Crippen MR) is 161 cm³/mol. The minimum atomic E-state index is -0.0432. The normalized spacial score (nSPS) is 11.4. The van der Waals surface area contributed by atoms with Crippen molar-refractivity contribution < 1.29 is 4.79 Å². The van der Waals surface area contributed by atoms with Gasteiger partial charge in [-0.25, -0.2) is 0 Å². The number of aromatic nitrogens is 1. The molecule has 0 aliphatic carbocycles. The van der Waals surface area contributed by atoms with Gasteiger partial charge in [-0.05, 0) is 106 Å². The Morgan fingerprint density at radius 2 is 1.51 bits per heavy atom. The molecule has 4 heteroatoms. The molecule has 0 saturated heterocycles. The Hall–Kier alpha value is -4.18. The second-order valence-corrected chi connectivity index (χ2v) is 10.3. The van der Waals surface area contributed by atoms with E-state index in [0.717, 1.165) is 58.7 Å². The van der Waals surface area contributed by atoms with Gasteiger partial charge in [0, 0.05) is 28.6 Å². The third kappa shape index (κ3) is 7.90. The summed E-state index contributed by atoms with van der Waals surface area (Å²) in [7, 11) is 0. The van der Waals surface area contributed by atoms with Crippen LogP contribution in [0.25, 0.3) is 11.3 Å². The van der Waals surface area contributed by atoms with Crippen molar-refractivity contribution in [2.75, 3.05) is 0 Å². The molecule has 1 heterocycles. The van der Waals surface area contributed by atoms with Crippen molar-refractivity contribution in [1.29, 1.82) is 0 Å². The second-order valence-electron chi connectivity index (χ2n) is 10.3. The summed E-state index contributed by atoms with van der Waals surface area (Å²) >= 11 is 0. The molecule has 39 heavy (non-hydrogen) atoms. The molecule has 0 saturated carbocycles. The number of nitrogens with zero attached hydrogens (tertiary/aromatic N) is 2. The molecular weight excluding hydrogens is 480 g/mol. The minimum absolute atomic E-state index is 0.0432. The van der Waals surface area contributed by atoms with E-state index < -0.39 is 0 Å². The van der Waals surface area contributed by atoms with Gasteiger partial charge < -0.3 is 0 Å². The van der Waals surface area contributed by atoms with Crippen LogP contribution in [0, 0.1) is 13.8 Å². The van der Waals surface area contributed by atoms with E-state index in [-0.39, 0.29) is 11.2 Å². The summed E-state index contributed by atoms with van der Waals surface area (Å²) in [5.74, 6) is 0.0504. The van der Waals surface area contributed by atoms with E-state index in [1.54, 1.807) is 19.1 Å². The lowest BCUT2D eigenvalue weighted by molar-refractivity contribution is 0.101. The van der Waals surface area contributed by atoms with E-state index in [9.17, 15) is 9.59 Å². The van der Waals surface area contributed by atoms with Gasteiger partial charge >= 0.3 is 0 Å². The van der Waals surface area contributed by atoms with Crippen molar-refractivity contribution in [3.8, 4) is 11.3 Å². The number of hydrogen-bond acceptors (Lipinski definition) is 4. The number of rotatable bonds is 10. The fourth-order valence-corrected chi connectivity index (χ4v) is 4.76. The molecule has 0 fully saturated rings. The Balaban J connectivity index is 1.49. The first-order valence-corrected chi connectivity index (χ1v) is 13.6. The molecular formula is C35H36N2O2. The number of Topliss-reactive ketones (excluding diaryl/α,β-unsaturated/α-hetero) is 1. The highest BCUT2D eigenvalue weighted by Gasteiger charge is 2.09. The van der Waals surface area contributed by atoms with Crippen molar-refractivity contribution in [1.82, 2.24) is 4.98 Å². The van der Waals surface area contributed by atoms with Gasteiger partial charge in [-0.15, -0.1) is 0 Å². The molecule has 198 valence electrons. The van der Waals surface area contributed by atoms with Gasteiger partial charge in [-0.3, -0.25) is 19.6 Å². The van der Waals surface area contributed by atoms with Gasteiger partial charge in [0.05, 0.1) is 11.4 Å². The van der Waals surface area contributed by atoms with E-state index in [4.69, 9.17) is 9.98 Å². The van der Waals surface area contributed by atoms with Gasteiger partial charge in [0.1, 0.15) is 0 Å². The first-order valence-electron chi connectivity index (χ1n) is 13.6. The number of aliphatic imine (C=N–C) groups is 1. The predicted octanol–water partition coefficient (Wildman–Crippen LogP) is 7.83. The lowest BCUT2D eigenvalue weighted by Crippen LogP contribution is -1.99. The zero-order chi connectivity index (χ0) is 27.8. The average Bonchev–Trinajstić information content (AvgIpc) is 3.06. The Bertz CT molecular complexity index is 1570. The maximum absolute atomic E-state index is 12.6. The molecule has 0 amide bonds. The highest BCUT2D eigenvalue weighted by molar-refractivity contribution is 5.94. The molecule has 0 aliphatic rings. The monoisotopic (exact) mass is 516 g/mol. The molecule has 0 radical (unpaired) electrons. The van der Waals surface area contributed by atoms with Crippen LogP contribution in [0.2, 0.25) is 0 Å². The molecule has 4 aromatic rings. The number of carbonyl (C=O) groups excluding carboxylic acids is 1. The standard InChI is InChI=1S/C35H36N2O2/c1-24-10-5-6-17-34(24)36-26(3)11-7-12-28-13-9-16-31(22-28)35-25(2)20-33(39)23-32(37-35)19-18-29-14-8-15-30(21-29)27(4)38/h5-6,8-10,13-17,20-23H,7,11-12,18-19H2,1-4H3/b36-26-. The Labute approximate surface area is 231 Å². The van der Waals surface area contributed by atoms with E-state index in [2.05, 4.69) is 50.2 Å². The number of benzene rings is 3. The Morgan fingerprint density at radius 1 is 0.769 bits per heavy atom. The summed E-state index contributed by atoms with van der Waals surface area (Å²) in [6.07, 6.45) is 4.22. The summed E-state index contributed by atoms with van der Waals surface area (Å²) in [6, 6.07) is 27.6. The van der Waals surface area contributed by atoms with Crippen LogP contribution in [-0.2, 0) is 19.3 Å². The minimum Gasteiger partial charge on any atom is -0.295 e. The van der Waals surface area contributed by atoms with Gasteiger partial charge in [0.2, 0.25) is 0 Å².